The zero-order chi connectivity index (χ0) is 13.9. The standard InChI is InChI=1S/C17H26N2O/c1-18-14-10-16-7-4-8-17(11-14)19(16)15-6-3-5-13(9-15)12-20-2/h3,5-6,9,14,16-18H,4,7-8,10-12H2,1-2H3. The Morgan fingerprint density at radius 1 is 1.25 bits per heavy atom. The fourth-order valence-electron chi connectivity index (χ4n) is 4.01. The molecule has 1 N–H and O–H groups in total. The predicted molar refractivity (Wildman–Crippen MR) is 83.1 cm³/mol. The topological polar surface area (TPSA) is 24.5 Å². The van der Waals surface area contributed by atoms with Crippen LogP contribution >= 0.6 is 0 Å². The van der Waals surface area contributed by atoms with Crippen molar-refractivity contribution in [2.45, 2.75) is 56.8 Å². The monoisotopic (exact) mass is 274 g/mol. The SMILES string of the molecule is CNC1CC2CCCC(C1)N2c1cccc(COC)c1. The summed E-state index contributed by atoms with van der Waals surface area (Å²) in [7, 11) is 3.87. The van der Waals surface area contributed by atoms with E-state index in [1.807, 2.05) is 0 Å². The normalized spacial score (nSPS) is 29.5. The smallest absolute Gasteiger partial charge is 0.0713 e. The molecule has 1 aromatic carbocycles. The molecule has 2 fully saturated rings. The minimum absolute atomic E-state index is 0.698. The molecule has 2 aliphatic heterocycles. The van der Waals surface area contributed by atoms with Crippen LogP contribution in [-0.2, 0) is 11.3 Å². The van der Waals surface area contributed by atoms with Crippen LogP contribution in [0.4, 0.5) is 5.69 Å². The molecule has 1 aromatic rings. The highest BCUT2D eigenvalue weighted by Gasteiger charge is 2.37. The van der Waals surface area contributed by atoms with Crippen molar-refractivity contribution in [3.8, 4) is 0 Å². The zero-order valence-electron chi connectivity index (χ0n) is 12.6. The summed E-state index contributed by atoms with van der Waals surface area (Å²) in [5.41, 5.74) is 2.67. The number of benzene rings is 1. The summed E-state index contributed by atoms with van der Waals surface area (Å²) in [4.78, 5) is 2.69. The summed E-state index contributed by atoms with van der Waals surface area (Å²) in [6.07, 6.45) is 6.62. The lowest BCUT2D eigenvalue weighted by Crippen LogP contribution is -2.56. The maximum absolute atomic E-state index is 5.27. The van der Waals surface area contributed by atoms with Gasteiger partial charge in [-0.15, -0.1) is 0 Å². The second-order valence-corrected chi connectivity index (χ2v) is 6.21. The average Bonchev–Trinajstić information content (AvgIpc) is 2.46. The largest absolute Gasteiger partial charge is 0.380 e. The minimum atomic E-state index is 0.698. The number of fused-ring (bicyclic) bond motifs is 2. The van der Waals surface area contributed by atoms with Gasteiger partial charge in [-0.3, -0.25) is 0 Å². The maximum Gasteiger partial charge on any atom is 0.0713 e. The molecule has 110 valence electrons. The van der Waals surface area contributed by atoms with Crippen molar-refractivity contribution < 1.29 is 4.74 Å². The second kappa shape index (κ2) is 6.15. The van der Waals surface area contributed by atoms with Crippen molar-refractivity contribution in [1.29, 1.82) is 0 Å². The van der Waals surface area contributed by atoms with Gasteiger partial charge in [0.1, 0.15) is 0 Å². The minimum Gasteiger partial charge on any atom is -0.380 e. The number of hydrogen-bond donors (Lipinski definition) is 1. The number of nitrogens with zero attached hydrogens (tertiary/aromatic N) is 1. The number of anilines is 1. The van der Waals surface area contributed by atoms with E-state index >= 15 is 0 Å². The van der Waals surface area contributed by atoms with Gasteiger partial charge in [0, 0.05) is 30.9 Å². The molecule has 0 aromatic heterocycles. The molecule has 0 amide bonds. The van der Waals surface area contributed by atoms with Gasteiger partial charge in [0.15, 0.2) is 0 Å². The van der Waals surface area contributed by atoms with Crippen LogP contribution in [0.2, 0.25) is 0 Å². The lowest BCUT2D eigenvalue weighted by atomic mass is 9.81. The quantitative estimate of drug-likeness (QED) is 0.913. The van der Waals surface area contributed by atoms with Gasteiger partial charge in [0.25, 0.3) is 0 Å². The molecule has 2 aliphatic rings. The number of hydrogen-bond acceptors (Lipinski definition) is 3. The van der Waals surface area contributed by atoms with Crippen molar-refractivity contribution in [3.05, 3.63) is 29.8 Å². The summed E-state index contributed by atoms with van der Waals surface area (Å²) < 4.78 is 5.27. The highest BCUT2D eigenvalue weighted by Crippen LogP contribution is 2.37. The van der Waals surface area contributed by atoms with Gasteiger partial charge in [0.05, 0.1) is 6.61 Å². The molecule has 0 saturated carbocycles. The third-order valence-corrected chi connectivity index (χ3v) is 4.90. The van der Waals surface area contributed by atoms with Crippen molar-refractivity contribution in [2.75, 3.05) is 19.1 Å². The van der Waals surface area contributed by atoms with Crippen LogP contribution < -0.4 is 10.2 Å². The zero-order valence-corrected chi connectivity index (χ0v) is 12.6. The first-order chi connectivity index (χ1) is 9.81. The molecular formula is C17H26N2O. The maximum atomic E-state index is 5.27. The van der Waals surface area contributed by atoms with E-state index < -0.39 is 0 Å². The number of nitrogens with one attached hydrogen (secondary N) is 1. The highest BCUT2D eigenvalue weighted by atomic mass is 16.5. The van der Waals surface area contributed by atoms with Gasteiger partial charge >= 0.3 is 0 Å². The Hall–Kier alpha value is -1.06. The van der Waals surface area contributed by atoms with E-state index in [0.29, 0.717) is 24.7 Å². The van der Waals surface area contributed by atoms with E-state index in [1.165, 1.54) is 43.4 Å². The van der Waals surface area contributed by atoms with Crippen LogP contribution in [0.3, 0.4) is 0 Å². The van der Waals surface area contributed by atoms with E-state index in [9.17, 15) is 0 Å². The number of methoxy groups -OCH3 is 1. The first-order valence-corrected chi connectivity index (χ1v) is 7.85. The van der Waals surface area contributed by atoms with E-state index in [1.54, 1.807) is 7.11 Å². The van der Waals surface area contributed by atoms with Crippen LogP contribution in [-0.4, -0.2) is 32.3 Å². The third kappa shape index (κ3) is 2.70. The lowest BCUT2D eigenvalue weighted by Gasteiger charge is -2.50. The molecule has 3 rings (SSSR count). The Kier molecular flexibility index (Phi) is 4.27. The van der Waals surface area contributed by atoms with Crippen molar-refractivity contribution in [1.82, 2.24) is 5.32 Å². The first kappa shape index (κ1) is 13.9. The molecule has 2 bridgehead atoms. The molecule has 2 saturated heterocycles. The number of rotatable bonds is 4. The van der Waals surface area contributed by atoms with Gasteiger partial charge in [-0.05, 0) is 56.8 Å². The number of piperidine rings is 2. The molecule has 3 heteroatoms. The van der Waals surface area contributed by atoms with Crippen LogP contribution in [0.5, 0.6) is 0 Å². The van der Waals surface area contributed by atoms with Crippen molar-refractivity contribution >= 4 is 5.69 Å². The molecule has 20 heavy (non-hydrogen) atoms. The van der Waals surface area contributed by atoms with Crippen LogP contribution in [0.15, 0.2) is 24.3 Å². The molecule has 0 radical (unpaired) electrons. The Morgan fingerprint density at radius 3 is 2.65 bits per heavy atom. The van der Waals surface area contributed by atoms with Gasteiger partial charge < -0.3 is 15.0 Å². The molecular weight excluding hydrogens is 248 g/mol. The van der Waals surface area contributed by atoms with E-state index in [0.717, 1.165) is 0 Å². The van der Waals surface area contributed by atoms with Gasteiger partial charge in [-0.2, -0.15) is 0 Å². The third-order valence-electron chi connectivity index (χ3n) is 4.90. The fourth-order valence-corrected chi connectivity index (χ4v) is 4.01. The predicted octanol–water partition coefficient (Wildman–Crippen LogP) is 2.94. The summed E-state index contributed by atoms with van der Waals surface area (Å²) in [6.45, 7) is 0.705. The summed E-state index contributed by atoms with van der Waals surface area (Å²) in [5, 5.41) is 3.49. The van der Waals surface area contributed by atoms with Crippen molar-refractivity contribution in [2.24, 2.45) is 0 Å². The van der Waals surface area contributed by atoms with Crippen LogP contribution in [0.25, 0.3) is 0 Å². The highest BCUT2D eigenvalue weighted by molar-refractivity contribution is 5.51. The Balaban J connectivity index is 1.83. The number of ether oxygens (including phenoxy) is 1. The summed E-state index contributed by atoms with van der Waals surface area (Å²) in [5.74, 6) is 0. The summed E-state index contributed by atoms with van der Waals surface area (Å²) >= 11 is 0. The molecule has 2 atom stereocenters. The second-order valence-electron chi connectivity index (χ2n) is 6.21. The Bertz CT molecular complexity index is 434. The Labute approximate surface area is 122 Å². The average molecular weight is 274 g/mol. The van der Waals surface area contributed by atoms with E-state index in [-0.39, 0.29) is 0 Å². The Morgan fingerprint density at radius 2 is 2.00 bits per heavy atom. The molecule has 0 aliphatic carbocycles. The van der Waals surface area contributed by atoms with E-state index in [2.05, 4.69) is 41.5 Å². The van der Waals surface area contributed by atoms with Gasteiger partial charge in [-0.25, -0.2) is 0 Å². The first-order valence-electron chi connectivity index (χ1n) is 7.85. The molecule has 2 unspecified atom stereocenters. The fraction of sp³-hybridized carbons (Fsp3) is 0.647. The van der Waals surface area contributed by atoms with Crippen LogP contribution in [0, 0.1) is 0 Å². The van der Waals surface area contributed by atoms with Crippen molar-refractivity contribution in [3.63, 3.8) is 0 Å². The van der Waals surface area contributed by atoms with Gasteiger partial charge in [-0.1, -0.05) is 12.1 Å². The lowest BCUT2D eigenvalue weighted by molar-refractivity contribution is 0.185. The summed E-state index contributed by atoms with van der Waals surface area (Å²) in [6, 6.07) is 11.0. The molecule has 0 spiro atoms. The molecule has 3 nitrogen and oxygen atoms in total. The van der Waals surface area contributed by atoms with E-state index in [4.69, 9.17) is 4.74 Å². The van der Waals surface area contributed by atoms with Crippen LogP contribution in [0.1, 0.15) is 37.7 Å². The van der Waals surface area contributed by atoms with Gasteiger partial charge in [0.2, 0.25) is 0 Å². The molecule has 2 heterocycles.